The first-order valence-corrected chi connectivity index (χ1v) is 6.11. The lowest BCUT2D eigenvalue weighted by atomic mass is 9.77. The van der Waals surface area contributed by atoms with Crippen molar-refractivity contribution in [1.82, 2.24) is 0 Å². The number of ether oxygens (including phenoxy) is 1. The zero-order valence-electron chi connectivity index (χ0n) is 10.2. The monoisotopic (exact) mass is 277 g/mol. The third kappa shape index (κ3) is 3.00. The molecule has 0 heterocycles. The molecule has 0 bridgehead atoms. The van der Waals surface area contributed by atoms with Crippen LogP contribution in [0.2, 0.25) is 0 Å². The molecule has 1 fully saturated rings. The summed E-state index contributed by atoms with van der Waals surface area (Å²) < 4.78 is 54.4. The van der Waals surface area contributed by atoms with Crippen LogP contribution < -0.4 is 10.5 Å². The summed E-state index contributed by atoms with van der Waals surface area (Å²) in [6.45, 7) is 0. The van der Waals surface area contributed by atoms with Crippen molar-refractivity contribution in [2.75, 3.05) is 0 Å². The zero-order valence-corrected chi connectivity index (χ0v) is 10.2. The van der Waals surface area contributed by atoms with Crippen molar-refractivity contribution in [3.8, 4) is 5.75 Å². The van der Waals surface area contributed by atoms with Crippen molar-refractivity contribution < 1.29 is 22.3 Å². The number of alkyl halides is 4. The molecule has 19 heavy (non-hydrogen) atoms. The van der Waals surface area contributed by atoms with Gasteiger partial charge in [0.25, 0.3) is 0 Å². The second-order valence-corrected chi connectivity index (χ2v) is 4.72. The highest BCUT2D eigenvalue weighted by Crippen LogP contribution is 2.40. The van der Waals surface area contributed by atoms with Crippen molar-refractivity contribution in [2.24, 2.45) is 11.7 Å². The average molecular weight is 277 g/mol. The average Bonchev–Trinajstić information content (AvgIpc) is 2.26. The van der Waals surface area contributed by atoms with Gasteiger partial charge in [0.15, 0.2) is 0 Å². The molecule has 1 aliphatic rings. The Labute approximate surface area is 108 Å². The third-order valence-electron chi connectivity index (χ3n) is 3.44. The fourth-order valence-corrected chi connectivity index (χ4v) is 2.09. The minimum atomic E-state index is -4.50. The van der Waals surface area contributed by atoms with Crippen LogP contribution >= 0.6 is 0 Å². The predicted octanol–water partition coefficient (Wildman–Crippen LogP) is 3.72. The van der Waals surface area contributed by atoms with E-state index in [0.717, 1.165) is 19.3 Å². The van der Waals surface area contributed by atoms with Gasteiger partial charge < -0.3 is 10.5 Å². The Morgan fingerprint density at radius 2 is 1.84 bits per heavy atom. The van der Waals surface area contributed by atoms with Gasteiger partial charge in [-0.1, -0.05) is 24.6 Å². The van der Waals surface area contributed by atoms with E-state index in [-0.39, 0.29) is 11.7 Å². The third-order valence-corrected chi connectivity index (χ3v) is 3.44. The molecule has 2 nitrogen and oxygen atoms in total. The van der Waals surface area contributed by atoms with Gasteiger partial charge in [-0.05, 0) is 24.8 Å². The Morgan fingerprint density at radius 1 is 1.21 bits per heavy atom. The quantitative estimate of drug-likeness (QED) is 0.832. The van der Waals surface area contributed by atoms with Crippen molar-refractivity contribution in [1.29, 1.82) is 0 Å². The first-order valence-electron chi connectivity index (χ1n) is 6.11. The molecule has 6 heteroatoms. The zero-order chi connectivity index (χ0) is 14.0. The first-order chi connectivity index (χ1) is 8.92. The second-order valence-electron chi connectivity index (χ2n) is 4.72. The van der Waals surface area contributed by atoms with Crippen molar-refractivity contribution in [3.05, 3.63) is 29.8 Å². The lowest BCUT2D eigenvalue weighted by Gasteiger charge is -2.32. The van der Waals surface area contributed by atoms with Crippen LogP contribution in [-0.2, 0) is 0 Å². The normalized spacial score (nSPS) is 18.2. The number of para-hydroxylation sites is 1. The van der Waals surface area contributed by atoms with Crippen LogP contribution in [0.4, 0.5) is 17.6 Å². The van der Waals surface area contributed by atoms with Crippen LogP contribution in [0, 0.1) is 5.92 Å². The van der Waals surface area contributed by atoms with Crippen LogP contribution in [-0.4, -0.2) is 12.5 Å². The molecule has 1 saturated carbocycles. The SMILES string of the molecule is N[C@H](c1ccccc1OC(F)(F)C(F)F)C1CCC1. The summed E-state index contributed by atoms with van der Waals surface area (Å²) in [5.74, 6) is -0.0721. The summed E-state index contributed by atoms with van der Waals surface area (Å²) in [7, 11) is 0. The molecule has 2 rings (SSSR count). The predicted molar refractivity (Wildman–Crippen MR) is 62.3 cm³/mol. The molecular formula is C13H15F4NO. The Kier molecular flexibility index (Phi) is 3.99. The number of halogens is 4. The van der Waals surface area contributed by atoms with E-state index in [0.29, 0.717) is 5.56 Å². The Hall–Kier alpha value is -1.30. The van der Waals surface area contributed by atoms with Crippen LogP contribution in [0.1, 0.15) is 30.9 Å². The minimum absolute atomic E-state index is 0.199. The largest absolute Gasteiger partial charge is 0.461 e. The number of hydrogen-bond acceptors (Lipinski definition) is 2. The van der Waals surface area contributed by atoms with E-state index in [1.807, 2.05) is 0 Å². The molecule has 0 radical (unpaired) electrons. The highest BCUT2D eigenvalue weighted by Gasteiger charge is 2.44. The van der Waals surface area contributed by atoms with Gasteiger partial charge in [0.05, 0.1) is 0 Å². The molecule has 0 aromatic heterocycles. The molecule has 0 saturated heterocycles. The van der Waals surface area contributed by atoms with Crippen molar-refractivity contribution in [3.63, 3.8) is 0 Å². The summed E-state index contributed by atoms with van der Waals surface area (Å²) in [4.78, 5) is 0. The number of nitrogens with two attached hydrogens (primary N) is 1. The molecule has 2 N–H and O–H groups in total. The van der Waals surface area contributed by atoms with E-state index in [1.165, 1.54) is 12.1 Å². The molecular weight excluding hydrogens is 262 g/mol. The van der Waals surface area contributed by atoms with Gasteiger partial charge in [-0.25, -0.2) is 0 Å². The summed E-state index contributed by atoms with van der Waals surface area (Å²) in [6.07, 6.45) is -5.49. The molecule has 0 aliphatic heterocycles. The van der Waals surface area contributed by atoms with Crippen LogP contribution in [0.15, 0.2) is 24.3 Å². The second kappa shape index (κ2) is 5.36. The molecule has 0 spiro atoms. The molecule has 1 aromatic rings. The topological polar surface area (TPSA) is 35.2 Å². The highest BCUT2D eigenvalue weighted by atomic mass is 19.3. The van der Waals surface area contributed by atoms with Crippen LogP contribution in [0.3, 0.4) is 0 Å². The summed E-state index contributed by atoms with van der Waals surface area (Å²) in [6, 6.07) is 5.40. The summed E-state index contributed by atoms with van der Waals surface area (Å²) in [5.41, 5.74) is 6.34. The lowest BCUT2D eigenvalue weighted by molar-refractivity contribution is -0.253. The number of hydrogen-bond donors (Lipinski definition) is 1. The van der Waals surface area contributed by atoms with Gasteiger partial charge in [-0.15, -0.1) is 0 Å². The molecule has 106 valence electrons. The Bertz CT molecular complexity index is 434. The van der Waals surface area contributed by atoms with Crippen molar-refractivity contribution >= 4 is 0 Å². The van der Waals surface area contributed by atoms with Gasteiger partial charge in [-0.3, -0.25) is 0 Å². The smallest absolute Gasteiger partial charge is 0.428 e. The standard InChI is InChI=1S/C13H15F4NO/c14-12(15)13(16,17)19-10-7-2-1-6-9(10)11(18)8-4-3-5-8/h1-2,6-8,11-12H,3-5,18H2/t11-/m0/s1. The summed E-state index contributed by atoms with van der Waals surface area (Å²) in [5, 5.41) is 0. The van der Waals surface area contributed by atoms with Gasteiger partial charge in [-0.2, -0.15) is 17.6 Å². The van der Waals surface area contributed by atoms with E-state index >= 15 is 0 Å². The molecule has 0 amide bonds. The molecule has 1 atom stereocenters. The van der Waals surface area contributed by atoms with Crippen molar-refractivity contribution in [2.45, 2.75) is 37.8 Å². The fraction of sp³-hybridized carbons (Fsp3) is 0.538. The van der Waals surface area contributed by atoms with E-state index in [4.69, 9.17) is 5.73 Å². The maximum absolute atomic E-state index is 13.0. The van der Waals surface area contributed by atoms with Crippen LogP contribution in [0.5, 0.6) is 5.75 Å². The van der Waals surface area contributed by atoms with Crippen LogP contribution in [0.25, 0.3) is 0 Å². The van der Waals surface area contributed by atoms with Gasteiger partial charge in [0.2, 0.25) is 0 Å². The Morgan fingerprint density at radius 3 is 2.37 bits per heavy atom. The van der Waals surface area contributed by atoms with E-state index < -0.39 is 18.6 Å². The molecule has 1 aliphatic carbocycles. The number of rotatable bonds is 5. The van der Waals surface area contributed by atoms with E-state index in [1.54, 1.807) is 12.1 Å². The van der Waals surface area contributed by atoms with E-state index in [9.17, 15) is 17.6 Å². The molecule has 1 aromatic carbocycles. The van der Waals surface area contributed by atoms with Gasteiger partial charge in [0.1, 0.15) is 5.75 Å². The molecule has 0 unspecified atom stereocenters. The summed E-state index contributed by atoms with van der Waals surface area (Å²) >= 11 is 0. The lowest BCUT2D eigenvalue weighted by Crippen LogP contribution is -2.35. The maximum atomic E-state index is 13.0. The van der Waals surface area contributed by atoms with Gasteiger partial charge in [0, 0.05) is 11.6 Å². The first kappa shape index (κ1) is 14.1. The highest BCUT2D eigenvalue weighted by molar-refractivity contribution is 5.36. The number of benzene rings is 1. The van der Waals surface area contributed by atoms with E-state index in [2.05, 4.69) is 4.74 Å². The maximum Gasteiger partial charge on any atom is 0.461 e. The fourth-order valence-electron chi connectivity index (χ4n) is 2.09. The van der Waals surface area contributed by atoms with Gasteiger partial charge >= 0.3 is 12.5 Å². The Balaban J connectivity index is 2.20. The minimum Gasteiger partial charge on any atom is -0.428 e.